The summed E-state index contributed by atoms with van der Waals surface area (Å²) in [5.74, 6) is 0. The van der Waals surface area contributed by atoms with Gasteiger partial charge >= 0.3 is 0 Å². The van der Waals surface area contributed by atoms with Gasteiger partial charge < -0.3 is 4.57 Å². The van der Waals surface area contributed by atoms with E-state index in [2.05, 4.69) is 152 Å². The molecular weight excluding hydrogens is 508 g/mol. The van der Waals surface area contributed by atoms with E-state index in [1.165, 1.54) is 65.9 Å². The Labute approximate surface area is 244 Å². The fourth-order valence-corrected chi connectivity index (χ4v) is 7.34. The molecule has 0 spiro atoms. The summed E-state index contributed by atoms with van der Waals surface area (Å²) >= 11 is 0. The Balaban J connectivity index is 1.39. The summed E-state index contributed by atoms with van der Waals surface area (Å²) in [6.07, 6.45) is 0. The molecule has 8 aromatic rings. The monoisotopic (exact) mass is 536 g/mol. The van der Waals surface area contributed by atoms with E-state index in [1.54, 1.807) is 0 Å². The van der Waals surface area contributed by atoms with E-state index in [1.807, 2.05) is 0 Å². The zero-order valence-corrected chi connectivity index (χ0v) is 23.6. The molecule has 0 amide bonds. The van der Waals surface area contributed by atoms with Gasteiger partial charge in [0.1, 0.15) is 0 Å². The molecule has 0 unspecified atom stereocenters. The van der Waals surface area contributed by atoms with Crippen molar-refractivity contribution in [2.45, 2.75) is 19.3 Å². The molecule has 2 heterocycles. The molecule has 0 aliphatic heterocycles. The van der Waals surface area contributed by atoms with Gasteiger partial charge in [0.15, 0.2) is 0 Å². The van der Waals surface area contributed by atoms with Crippen LogP contribution in [0.25, 0.3) is 71.6 Å². The first-order valence-electron chi connectivity index (χ1n) is 14.7. The maximum Gasteiger partial charge on any atom is 0.0788 e. The molecule has 0 saturated heterocycles. The van der Waals surface area contributed by atoms with Crippen LogP contribution in [-0.4, -0.2) is 9.55 Å². The largest absolute Gasteiger partial charge is 0.309 e. The first kappa shape index (κ1) is 23.5. The Kier molecular flexibility index (Phi) is 4.70. The Bertz CT molecular complexity index is 2370. The number of benzene rings is 6. The fourth-order valence-electron chi connectivity index (χ4n) is 7.34. The highest BCUT2D eigenvalue weighted by Crippen LogP contribution is 2.51. The van der Waals surface area contributed by atoms with Crippen LogP contribution in [0.2, 0.25) is 0 Å². The quantitative estimate of drug-likeness (QED) is 0.201. The van der Waals surface area contributed by atoms with Crippen LogP contribution in [0.1, 0.15) is 25.0 Å². The second-order valence-corrected chi connectivity index (χ2v) is 12.0. The summed E-state index contributed by atoms with van der Waals surface area (Å²) in [6, 6.07) is 48.5. The van der Waals surface area contributed by atoms with Gasteiger partial charge in [-0.2, -0.15) is 0 Å². The number of hydrogen-bond donors (Lipinski definition) is 0. The summed E-state index contributed by atoms with van der Waals surface area (Å²) in [6.45, 7) is 4.71. The van der Waals surface area contributed by atoms with Gasteiger partial charge in [-0.05, 0) is 70.1 Å². The standard InChI is InChI=1S/C40H28N2/c1-40(2)34-18-10-8-15-28(34)31-23-33-32-22-25(39-30-17-7-6-14-27(30)29-16-9-11-19-36(29)41-39)20-21-37(32)42(38(33)24-35(31)40)26-12-4-3-5-13-26/h3-24H,1-2H3. The molecule has 2 heteroatoms. The minimum Gasteiger partial charge on any atom is -0.309 e. The van der Waals surface area contributed by atoms with Crippen LogP contribution in [-0.2, 0) is 5.41 Å². The van der Waals surface area contributed by atoms with Crippen LogP contribution in [0.5, 0.6) is 0 Å². The minimum atomic E-state index is -0.0584. The van der Waals surface area contributed by atoms with Gasteiger partial charge in [0.25, 0.3) is 0 Å². The number of nitrogens with zero attached hydrogens (tertiary/aromatic N) is 2. The van der Waals surface area contributed by atoms with Gasteiger partial charge in [-0.15, -0.1) is 0 Å². The molecule has 0 fully saturated rings. The maximum atomic E-state index is 5.23. The Hall–Kier alpha value is -5.21. The zero-order valence-electron chi connectivity index (χ0n) is 23.6. The summed E-state index contributed by atoms with van der Waals surface area (Å²) in [4.78, 5) is 5.23. The molecule has 0 saturated carbocycles. The number of para-hydroxylation sites is 2. The van der Waals surface area contributed by atoms with Crippen molar-refractivity contribution < 1.29 is 0 Å². The molecule has 0 bridgehead atoms. The first-order chi connectivity index (χ1) is 20.6. The average Bonchev–Trinajstić information content (AvgIpc) is 3.48. The summed E-state index contributed by atoms with van der Waals surface area (Å²) in [7, 11) is 0. The predicted octanol–water partition coefficient (Wildman–Crippen LogP) is 10.5. The van der Waals surface area contributed by atoms with Crippen molar-refractivity contribution in [1.29, 1.82) is 0 Å². The van der Waals surface area contributed by atoms with Crippen LogP contribution in [0.3, 0.4) is 0 Å². The molecule has 2 nitrogen and oxygen atoms in total. The topological polar surface area (TPSA) is 17.8 Å². The maximum absolute atomic E-state index is 5.23. The van der Waals surface area contributed by atoms with Crippen LogP contribution >= 0.6 is 0 Å². The number of pyridine rings is 1. The van der Waals surface area contributed by atoms with E-state index in [4.69, 9.17) is 4.98 Å². The summed E-state index contributed by atoms with van der Waals surface area (Å²) in [5, 5.41) is 6.12. The van der Waals surface area contributed by atoms with Crippen molar-refractivity contribution in [1.82, 2.24) is 9.55 Å². The highest BCUT2D eigenvalue weighted by atomic mass is 15.0. The molecule has 42 heavy (non-hydrogen) atoms. The Morgan fingerprint density at radius 2 is 1.19 bits per heavy atom. The lowest BCUT2D eigenvalue weighted by Crippen LogP contribution is -2.14. The van der Waals surface area contributed by atoms with Gasteiger partial charge in [0.05, 0.1) is 22.2 Å². The fraction of sp³-hybridized carbons (Fsp3) is 0.0750. The third-order valence-electron chi connectivity index (χ3n) is 9.36. The molecule has 198 valence electrons. The van der Waals surface area contributed by atoms with E-state index in [9.17, 15) is 0 Å². The van der Waals surface area contributed by atoms with Crippen molar-refractivity contribution in [3.8, 4) is 28.1 Å². The smallest absolute Gasteiger partial charge is 0.0788 e. The van der Waals surface area contributed by atoms with Gasteiger partial charge in [0.2, 0.25) is 0 Å². The molecule has 0 atom stereocenters. The summed E-state index contributed by atoms with van der Waals surface area (Å²) < 4.78 is 2.43. The normalized spacial score (nSPS) is 13.7. The molecule has 6 aromatic carbocycles. The third kappa shape index (κ3) is 3.12. The van der Waals surface area contributed by atoms with Crippen LogP contribution in [0, 0.1) is 0 Å². The third-order valence-corrected chi connectivity index (χ3v) is 9.36. The molecular formula is C40H28N2. The van der Waals surface area contributed by atoms with Gasteiger partial charge in [-0.1, -0.05) is 105 Å². The lowest BCUT2D eigenvalue weighted by Gasteiger charge is -2.21. The second kappa shape index (κ2) is 8.41. The van der Waals surface area contributed by atoms with Gasteiger partial charge in [-0.3, -0.25) is 0 Å². The van der Waals surface area contributed by atoms with Crippen molar-refractivity contribution in [3.05, 3.63) is 145 Å². The second-order valence-electron chi connectivity index (χ2n) is 12.0. The number of rotatable bonds is 2. The Morgan fingerprint density at radius 3 is 2.05 bits per heavy atom. The van der Waals surface area contributed by atoms with E-state index >= 15 is 0 Å². The zero-order chi connectivity index (χ0) is 28.0. The molecule has 9 rings (SSSR count). The molecule has 1 aliphatic carbocycles. The number of fused-ring (bicyclic) bond motifs is 9. The molecule has 0 radical (unpaired) electrons. The van der Waals surface area contributed by atoms with Gasteiger partial charge in [0, 0.05) is 38.2 Å². The lowest BCUT2D eigenvalue weighted by atomic mass is 9.82. The Morgan fingerprint density at radius 1 is 0.500 bits per heavy atom. The van der Waals surface area contributed by atoms with Crippen LogP contribution < -0.4 is 0 Å². The predicted molar refractivity (Wildman–Crippen MR) is 177 cm³/mol. The SMILES string of the molecule is CC1(C)c2ccccc2-c2cc3c4cc(-c5nc6ccccc6c6ccccc56)ccc4n(-c4ccccc4)c3cc21. The average molecular weight is 537 g/mol. The van der Waals surface area contributed by atoms with Crippen molar-refractivity contribution in [3.63, 3.8) is 0 Å². The lowest BCUT2D eigenvalue weighted by molar-refractivity contribution is 0.661. The van der Waals surface area contributed by atoms with E-state index in [0.717, 1.165) is 16.8 Å². The molecule has 0 N–H and O–H groups in total. The van der Waals surface area contributed by atoms with E-state index in [0.29, 0.717) is 0 Å². The summed E-state index contributed by atoms with van der Waals surface area (Å²) in [5.41, 5.74) is 12.2. The van der Waals surface area contributed by atoms with Crippen molar-refractivity contribution in [2.75, 3.05) is 0 Å². The highest BCUT2D eigenvalue weighted by molar-refractivity contribution is 6.15. The van der Waals surface area contributed by atoms with Crippen LogP contribution in [0.15, 0.2) is 133 Å². The van der Waals surface area contributed by atoms with E-state index < -0.39 is 0 Å². The van der Waals surface area contributed by atoms with Crippen molar-refractivity contribution in [2.24, 2.45) is 0 Å². The highest BCUT2D eigenvalue weighted by Gasteiger charge is 2.36. The van der Waals surface area contributed by atoms with Crippen molar-refractivity contribution >= 4 is 43.5 Å². The van der Waals surface area contributed by atoms with E-state index in [-0.39, 0.29) is 5.41 Å². The van der Waals surface area contributed by atoms with Crippen LogP contribution in [0.4, 0.5) is 0 Å². The molecule has 2 aromatic heterocycles. The number of hydrogen-bond acceptors (Lipinski definition) is 1. The molecule has 1 aliphatic rings. The minimum absolute atomic E-state index is 0.0584. The first-order valence-corrected chi connectivity index (χ1v) is 14.7. The van der Waals surface area contributed by atoms with Gasteiger partial charge in [-0.25, -0.2) is 4.98 Å². The number of aromatic nitrogens is 2.